The van der Waals surface area contributed by atoms with E-state index in [0.717, 1.165) is 24.8 Å². The SMILES string of the molecule is CC.Cc1cc(C)c(CC2(C(=O)c3ccc(C)cc3F)CC2)c(C)c1. The number of rotatable bonds is 4. The Kier molecular flexibility index (Phi) is 5.82. The third-order valence-electron chi connectivity index (χ3n) is 5.06. The van der Waals surface area contributed by atoms with Gasteiger partial charge in [-0.25, -0.2) is 4.39 Å². The fourth-order valence-corrected chi connectivity index (χ4v) is 3.55. The molecule has 0 radical (unpaired) electrons. The summed E-state index contributed by atoms with van der Waals surface area (Å²) in [6.07, 6.45) is 2.43. The minimum atomic E-state index is -0.402. The third-order valence-corrected chi connectivity index (χ3v) is 5.06. The molecule has 2 aromatic carbocycles. The van der Waals surface area contributed by atoms with E-state index in [4.69, 9.17) is 0 Å². The maximum atomic E-state index is 14.2. The first-order chi connectivity index (χ1) is 11.8. The molecule has 1 nitrogen and oxygen atoms in total. The van der Waals surface area contributed by atoms with Gasteiger partial charge in [-0.1, -0.05) is 37.6 Å². The topological polar surface area (TPSA) is 17.1 Å². The molecule has 25 heavy (non-hydrogen) atoms. The highest BCUT2D eigenvalue weighted by atomic mass is 19.1. The molecule has 0 bridgehead atoms. The summed E-state index contributed by atoms with van der Waals surface area (Å²) in [7, 11) is 0. The second-order valence-electron chi connectivity index (χ2n) is 7.15. The Hall–Kier alpha value is -1.96. The Balaban J connectivity index is 0.00000109. The average molecular weight is 340 g/mol. The van der Waals surface area contributed by atoms with Crippen LogP contribution in [0.3, 0.4) is 0 Å². The second-order valence-corrected chi connectivity index (χ2v) is 7.15. The first-order valence-electron chi connectivity index (χ1n) is 9.20. The fraction of sp³-hybridized carbons (Fsp3) is 0.435. The van der Waals surface area contributed by atoms with Crippen LogP contribution < -0.4 is 0 Å². The molecule has 0 saturated heterocycles. The zero-order valence-electron chi connectivity index (χ0n) is 16.3. The van der Waals surface area contributed by atoms with Crippen LogP contribution in [-0.2, 0) is 6.42 Å². The quantitative estimate of drug-likeness (QED) is 0.598. The normalized spacial score (nSPS) is 14.5. The van der Waals surface area contributed by atoms with Crippen molar-refractivity contribution in [2.45, 2.75) is 60.8 Å². The van der Waals surface area contributed by atoms with Crippen molar-refractivity contribution in [3.63, 3.8) is 0 Å². The van der Waals surface area contributed by atoms with Crippen LogP contribution in [0.5, 0.6) is 0 Å². The van der Waals surface area contributed by atoms with Crippen LogP contribution in [0.1, 0.15) is 64.9 Å². The van der Waals surface area contributed by atoms with Crippen LogP contribution in [0.2, 0.25) is 0 Å². The molecule has 1 aliphatic carbocycles. The number of aryl methyl sites for hydroxylation is 4. The lowest BCUT2D eigenvalue weighted by atomic mass is 9.84. The van der Waals surface area contributed by atoms with Gasteiger partial charge in [0.2, 0.25) is 0 Å². The lowest BCUT2D eigenvalue weighted by Gasteiger charge is -2.19. The van der Waals surface area contributed by atoms with Crippen LogP contribution in [0, 0.1) is 38.9 Å². The van der Waals surface area contributed by atoms with Gasteiger partial charge in [0.05, 0.1) is 5.56 Å². The standard InChI is InChI=1S/C21H23FO.C2H6/c1-13-5-6-17(19(22)11-13)20(23)21(7-8-21)12-18-15(3)9-14(2)10-16(18)4;1-2/h5-6,9-11H,7-8,12H2,1-4H3;1-2H3. The summed E-state index contributed by atoms with van der Waals surface area (Å²) in [5.41, 5.74) is 5.63. The number of Topliss-reactive ketones (excluding diaryl/α,β-unsaturated/α-hetero) is 1. The molecule has 134 valence electrons. The minimum absolute atomic E-state index is 0.0330. The number of carbonyl (C=O) groups excluding carboxylic acids is 1. The molecular weight excluding hydrogens is 311 g/mol. The third kappa shape index (κ3) is 4.00. The summed E-state index contributed by atoms with van der Waals surface area (Å²) >= 11 is 0. The van der Waals surface area contributed by atoms with Crippen LogP contribution in [-0.4, -0.2) is 5.78 Å². The predicted octanol–water partition coefficient (Wildman–Crippen LogP) is 6.29. The maximum absolute atomic E-state index is 14.2. The Labute approximate surface area is 151 Å². The molecule has 0 aliphatic heterocycles. The van der Waals surface area contributed by atoms with Gasteiger partial charge in [0, 0.05) is 5.41 Å². The second kappa shape index (κ2) is 7.51. The monoisotopic (exact) mass is 340 g/mol. The molecule has 0 spiro atoms. The Bertz CT molecular complexity index is 762. The van der Waals surface area contributed by atoms with Crippen molar-refractivity contribution in [2.24, 2.45) is 5.41 Å². The van der Waals surface area contributed by atoms with E-state index < -0.39 is 11.2 Å². The van der Waals surface area contributed by atoms with Crippen LogP contribution >= 0.6 is 0 Å². The lowest BCUT2D eigenvalue weighted by Crippen LogP contribution is -2.21. The van der Waals surface area contributed by atoms with Crippen LogP contribution in [0.4, 0.5) is 4.39 Å². The molecule has 0 unspecified atom stereocenters. The molecule has 0 heterocycles. The highest BCUT2D eigenvalue weighted by Crippen LogP contribution is 2.51. The van der Waals surface area contributed by atoms with Gasteiger partial charge in [0.15, 0.2) is 5.78 Å². The smallest absolute Gasteiger partial charge is 0.172 e. The lowest BCUT2D eigenvalue weighted by molar-refractivity contribution is 0.0895. The molecule has 0 aromatic heterocycles. The van der Waals surface area contributed by atoms with Gasteiger partial charge in [-0.2, -0.15) is 0 Å². The molecule has 1 saturated carbocycles. The number of ketones is 1. The summed E-state index contributed by atoms with van der Waals surface area (Å²) in [6.45, 7) is 12.1. The first kappa shape index (κ1) is 19.4. The predicted molar refractivity (Wildman–Crippen MR) is 103 cm³/mol. The molecule has 0 amide bonds. The van der Waals surface area contributed by atoms with Gasteiger partial charge in [0.25, 0.3) is 0 Å². The van der Waals surface area contributed by atoms with E-state index in [1.165, 1.54) is 28.3 Å². The molecule has 1 fully saturated rings. The van der Waals surface area contributed by atoms with Crippen molar-refractivity contribution in [1.82, 2.24) is 0 Å². The van der Waals surface area contributed by atoms with Gasteiger partial charge in [-0.05, 0) is 81.3 Å². The highest BCUT2D eigenvalue weighted by molar-refractivity contribution is 6.02. The number of halogens is 1. The number of carbonyl (C=O) groups is 1. The Morgan fingerprint density at radius 1 is 0.960 bits per heavy atom. The van der Waals surface area contributed by atoms with E-state index >= 15 is 0 Å². The molecule has 1 aliphatic rings. The maximum Gasteiger partial charge on any atom is 0.172 e. The first-order valence-corrected chi connectivity index (χ1v) is 9.20. The van der Waals surface area contributed by atoms with Gasteiger partial charge < -0.3 is 0 Å². The molecular formula is C23H29FO. The zero-order valence-corrected chi connectivity index (χ0v) is 16.3. The molecule has 2 heteroatoms. The van der Waals surface area contributed by atoms with Gasteiger partial charge in [-0.15, -0.1) is 0 Å². The number of hydrogen-bond acceptors (Lipinski definition) is 1. The van der Waals surface area contributed by atoms with Crippen molar-refractivity contribution < 1.29 is 9.18 Å². The van der Waals surface area contributed by atoms with Gasteiger partial charge in [-0.3, -0.25) is 4.79 Å². The van der Waals surface area contributed by atoms with Gasteiger partial charge in [0.1, 0.15) is 5.82 Å². The van der Waals surface area contributed by atoms with E-state index in [9.17, 15) is 9.18 Å². The van der Waals surface area contributed by atoms with E-state index in [-0.39, 0.29) is 11.3 Å². The Morgan fingerprint density at radius 3 is 2.00 bits per heavy atom. The van der Waals surface area contributed by atoms with Crippen molar-refractivity contribution in [3.05, 3.63) is 69.5 Å². The summed E-state index contributed by atoms with van der Waals surface area (Å²) in [4.78, 5) is 12.9. The van der Waals surface area contributed by atoms with Crippen LogP contribution in [0.15, 0.2) is 30.3 Å². The van der Waals surface area contributed by atoms with E-state index in [1.807, 2.05) is 26.8 Å². The average Bonchev–Trinajstić information content (AvgIpc) is 3.33. The molecule has 3 rings (SSSR count). The van der Waals surface area contributed by atoms with Crippen molar-refractivity contribution in [2.75, 3.05) is 0 Å². The largest absolute Gasteiger partial charge is 0.293 e. The molecule has 0 atom stereocenters. The minimum Gasteiger partial charge on any atom is -0.293 e. The summed E-state index contributed by atoms with van der Waals surface area (Å²) in [6, 6.07) is 9.23. The van der Waals surface area contributed by atoms with Gasteiger partial charge >= 0.3 is 0 Å². The van der Waals surface area contributed by atoms with Crippen LogP contribution in [0.25, 0.3) is 0 Å². The molecule has 0 N–H and O–H groups in total. The Morgan fingerprint density at radius 2 is 1.52 bits per heavy atom. The summed E-state index contributed by atoms with van der Waals surface area (Å²) in [5, 5.41) is 0. The van der Waals surface area contributed by atoms with E-state index in [1.54, 1.807) is 6.07 Å². The summed E-state index contributed by atoms with van der Waals surface area (Å²) < 4.78 is 14.2. The van der Waals surface area contributed by atoms with E-state index in [0.29, 0.717) is 0 Å². The van der Waals surface area contributed by atoms with Crippen molar-refractivity contribution in [1.29, 1.82) is 0 Å². The van der Waals surface area contributed by atoms with Crippen molar-refractivity contribution in [3.8, 4) is 0 Å². The fourth-order valence-electron chi connectivity index (χ4n) is 3.55. The van der Waals surface area contributed by atoms with Crippen molar-refractivity contribution >= 4 is 5.78 Å². The molecule has 2 aromatic rings. The number of hydrogen-bond donors (Lipinski definition) is 0. The highest BCUT2D eigenvalue weighted by Gasteiger charge is 2.50. The summed E-state index contributed by atoms with van der Waals surface area (Å²) in [5.74, 6) is -0.423. The number of benzene rings is 2. The zero-order chi connectivity index (χ0) is 18.8. The van der Waals surface area contributed by atoms with E-state index in [2.05, 4.69) is 32.9 Å².